The molecule has 1 aliphatic heterocycles. The fourth-order valence-electron chi connectivity index (χ4n) is 2.98. The lowest BCUT2D eigenvalue weighted by Gasteiger charge is -2.30. The van der Waals surface area contributed by atoms with Crippen LogP contribution in [-0.2, 0) is 23.9 Å². The third kappa shape index (κ3) is 7.12. The van der Waals surface area contributed by atoms with Gasteiger partial charge < -0.3 is 25.1 Å². The van der Waals surface area contributed by atoms with Crippen LogP contribution in [0.3, 0.4) is 0 Å². The molecule has 0 spiro atoms. The van der Waals surface area contributed by atoms with Gasteiger partial charge in [-0.1, -0.05) is 0 Å². The van der Waals surface area contributed by atoms with Crippen LogP contribution in [-0.4, -0.2) is 67.8 Å². The van der Waals surface area contributed by atoms with E-state index in [0.29, 0.717) is 11.2 Å². The second kappa shape index (κ2) is 9.86. The van der Waals surface area contributed by atoms with Gasteiger partial charge in [-0.25, -0.2) is 4.79 Å². The minimum absolute atomic E-state index is 0.00469. The van der Waals surface area contributed by atoms with Crippen molar-refractivity contribution < 1.29 is 39.0 Å². The van der Waals surface area contributed by atoms with Gasteiger partial charge in [0, 0.05) is 49.4 Å². The van der Waals surface area contributed by atoms with E-state index < -0.39 is 40.7 Å². The zero-order valence-corrected chi connectivity index (χ0v) is 18.6. The molecule has 3 N–H and O–H groups in total. The normalized spacial score (nSPS) is 14.2. The van der Waals surface area contributed by atoms with Crippen LogP contribution >= 0.6 is 0 Å². The van der Waals surface area contributed by atoms with Crippen molar-refractivity contribution in [1.82, 2.24) is 14.9 Å². The molecule has 0 fully saturated rings. The van der Waals surface area contributed by atoms with Crippen LogP contribution in [0.4, 0.5) is 0 Å². The molecule has 0 atom stereocenters. The van der Waals surface area contributed by atoms with Crippen molar-refractivity contribution >= 4 is 23.7 Å². The van der Waals surface area contributed by atoms with E-state index in [1.54, 1.807) is 27.7 Å². The molecule has 0 radical (unpaired) electrons. The van der Waals surface area contributed by atoms with Gasteiger partial charge >= 0.3 is 5.97 Å². The first-order valence-corrected chi connectivity index (χ1v) is 10.1. The maximum Gasteiger partial charge on any atom is 0.336 e. The van der Waals surface area contributed by atoms with Crippen LogP contribution in [0.1, 0.15) is 47.0 Å². The molecule has 176 valence electrons. The average molecular weight is 451 g/mol. The average Bonchev–Trinajstić information content (AvgIpc) is 3.14. The van der Waals surface area contributed by atoms with Crippen LogP contribution in [0.2, 0.25) is 0 Å². The van der Waals surface area contributed by atoms with Crippen LogP contribution in [0.5, 0.6) is 11.8 Å². The number of aromatic nitrogens is 1. The Hall–Kier alpha value is -3.34. The molecule has 0 aliphatic carbocycles. The standard InChI is InChI=1S/C21H29N3O8/c1-20(2,22-14(25)9-11-23-15(26)5-6-16(23)27)10-12-31-21(3,4)13-19(30)32-24-17(28)7-8-18(24)29/h5-8,28-29H,9-13H2,1-4H3,(H,22,25). The highest BCUT2D eigenvalue weighted by atomic mass is 16.7. The summed E-state index contributed by atoms with van der Waals surface area (Å²) in [6, 6.07) is 2.36. The summed E-state index contributed by atoms with van der Waals surface area (Å²) >= 11 is 0. The zero-order chi connectivity index (χ0) is 24.1. The Labute approximate surface area is 185 Å². The Morgan fingerprint density at radius 3 is 2.16 bits per heavy atom. The second-order valence-corrected chi connectivity index (χ2v) is 8.69. The first-order valence-electron chi connectivity index (χ1n) is 10.1. The molecular formula is C21H29N3O8. The van der Waals surface area contributed by atoms with E-state index in [1.165, 1.54) is 24.3 Å². The highest BCUT2D eigenvalue weighted by Crippen LogP contribution is 2.21. The van der Waals surface area contributed by atoms with Gasteiger partial charge in [0.15, 0.2) is 0 Å². The third-order valence-corrected chi connectivity index (χ3v) is 4.72. The van der Waals surface area contributed by atoms with Gasteiger partial charge in [0.2, 0.25) is 17.7 Å². The van der Waals surface area contributed by atoms with Crippen molar-refractivity contribution in [3.63, 3.8) is 0 Å². The first kappa shape index (κ1) is 24.9. The number of carbonyl (C=O) groups is 4. The molecule has 1 aliphatic rings. The van der Waals surface area contributed by atoms with Crippen molar-refractivity contribution in [3.05, 3.63) is 24.3 Å². The zero-order valence-electron chi connectivity index (χ0n) is 18.6. The maximum absolute atomic E-state index is 12.2. The van der Waals surface area contributed by atoms with E-state index >= 15 is 0 Å². The number of hydrogen-bond donors (Lipinski definition) is 3. The van der Waals surface area contributed by atoms with Crippen molar-refractivity contribution in [2.75, 3.05) is 13.2 Å². The van der Waals surface area contributed by atoms with Crippen LogP contribution in [0.25, 0.3) is 0 Å². The maximum atomic E-state index is 12.2. The smallest absolute Gasteiger partial charge is 0.336 e. The minimum Gasteiger partial charge on any atom is -0.492 e. The van der Waals surface area contributed by atoms with Crippen LogP contribution < -0.4 is 10.2 Å². The van der Waals surface area contributed by atoms with E-state index in [2.05, 4.69) is 5.32 Å². The molecule has 32 heavy (non-hydrogen) atoms. The predicted molar refractivity (Wildman–Crippen MR) is 111 cm³/mol. The lowest BCUT2D eigenvalue weighted by molar-refractivity contribution is -0.152. The molecule has 0 saturated carbocycles. The Balaban J connectivity index is 1.74. The van der Waals surface area contributed by atoms with Gasteiger partial charge in [-0.15, -0.1) is 4.73 Å². The fraction of sp³-hybridized carbons (Fsp3) is 0.524. The SMILES string of the molecule is CC(C)(CCOC(C)(C)CC(=O)On1c(O)ccc1O)NC(=O)CCN1C(=O)C=CC1=O. The molecule has 3 amide bonds. The molecule has 1 aromatic rings. The Morgan fingerprint density at radius 1 is 1.03 bits per heavy atom. The van der Waals surface area contributed by atoms with Crippen molar-refractivity contribution in [2.24, 2.45) is 0 Å². The predicted octanol–water partition coefficient (Wildman–Crippen LogP) is 0.640. The molecule has 0 unspecified atom stereocenters. The van der Waals surface area contributed by atoms with E-state index in [1.807, 2.05) is 0 Å². The summed E-state index contributed by atoms with van der Waals surface area (Å²) in [6.07, 6.45) is 2.61. The van der Waals surface area contributed by atoms with Gasteiger partial charge in [-0.2, -0.15) is 0 Å². The van der Waals surface area contributed by atoms with Gasteiger partial charge in [0.25, 0.3) is 11.8 Å². The quantitative estimate of drug-likeness (QED) is 0.415. The number of aromatic hydroxyl groups is 2. The number of ether oxygens (including phenoxy) is 1. The Morgan fingerprint density at radius 2 is 1.59 bits per heavy atom. The molecule has 11 heteroatoms. The van der Waals surface area contributed by atoms with Gasteiger partial charge in [-0.3, -0.25) is 19.3 Å². The van der Waals surface area contributed by atoms with Crippen LogP contribution in [0, 0.1) is 0 Å². The largest absolute Gasteiger partial charge is 0.492 e. The summed E-state index contributed by atoms with van der Waals surface area (Å²) in [5.41, 5.74) is -1.54. The van der Waals surface area contributed by atoms with E-state index in [9.17, 15) is 29.4 Å². The highest BCUT2D eigenvalue weighted by Gasteiger charge is 2.28. The molecule has 11 nitrogen and oxygen atoms in total. The van der Waals surface area contributed by atoms with Crippen molar-refractivity contribution in [2.45, 2.75) is 58.1 Å². The molecular weight excluding hydrogens is 422 g/mol. The number of rotatable bonds is 11. The third-order valence-electron chi connectivity index (χ3n) is 4.72. The fourth-order valence-corrected chi connectivity index (χ4v) is 2.98. The Kier molecular flexibility index (Phi) is 7.68. The topological polar surface area (TPSA) is 147 Å². The lowest BCUT2D eigenvalue weighted by Crippen LogP contribution is -2.46. The summed E-state index contributed by atoms with van der Waals surface area (Å²) in [4.78, 5) is 53.3. The highest BCUT2D eigenvalue weighted by molar-refractivity contribution is 6.13. The summed E-state index contributed by atoms with van der Waals surface area (Å²) in [5.74, 6) is -2.72. The summed E-state index contributed by atoms with van der Waals surface area (Å²) in [7, 11) is 0. The first-order chi connectivity index (χ1) is 14.8. The summed E-state index contributed by atoms with van der Waals surface area (Å²) in [6.45, 7) is 7.22. The Bertz CT molecular complexity index is 879. The van der Waals surface area contributed by atoms with E-state index in [-0.39, 0.29) is 31.9 Å². The molecule has 0 aromatic carbocycles. The molecule has 1 aromatic heterocycles. The molecule has 2 heterocycles. The van der Waals surface area contributed by atoms with Crippen molar-refractivity contribution in [3.8, 4) is 11.8 Å². The summed E-state index contributed by atoms with van der Waals surface area (Å²) in [5, 5.41) is 21.9. The lowest BCUT2D eigenvalue weighted by atomic mass is 10.00. The number of amides is 3. The number of nitrogens with zero attached hydrogens (tertiary/aromatic N) is 2. The summed E-state index contributed by atoms with van der Waals surface area (Å²) < 4.78 is 6.38. The monoisotopic (exact) mass is 451 g/mol. The number of imide groups is 1. The molecule has 0 saturated heterocycles. The minimum atomic E-state index is -0.904. The van der Waals surface area contributed by atoms with Gasteiger partial charge in [0.1, 0.15) is 0 Å². The number of hydrogen-bond acceptors (Lipinski definition) is 8. The molecule has 0 bridgehead atoms. The number of nitrogens with one attached hydrogen (secondary N) is 1. The molecule has 2 rings (SSSR count). The van der Waals surface area contributed by atoms with E-state index in [4.69, 9.17) is 9.57 Å². The van der Waals surface area contributed by atoms with Crippen LogP contribution in [0.15, 0.2) is 24.3 Å². The second-order valence-electron chi connectivity index (χ2n) is 8.69. The number of carbonyl (C=O) groups excluding carboxylic acids is 4. The van der Waals surface area contributed by atoms with Gasteiger partial charge in [0.05, 0.1) is 12.0 Å². The van der Waals surface area contributed by atoms with E-state index in [0.717, 1.165) is 4.90 Å². The van der Waals surface area contributed by atoms with Gasteiger partial charge in [-0.05, 0) is 34.1 Å². The van der Waals surface area contributed by atoms with Crippen molar-refractivity contribution in [1.29, 1.82) is 0 Å².